The Morgan fingerprint density at radius 1 is 1.30 bits per heavy atom. The highest BCUT2D eigenvalue weighted by Crippen LogP contribution is 2.48. The van der Waals surface area contributed by atoms with Crippen LogP contribution in [0.3, 0.4) is 0 Å². The monoisotopic (exact) mass is 138 g/mol. The van der Waals surface area contributed by atoms with Gasteiger partial charge in [0.05, 0.1) is 0 Å². The van der Waals surface area contributed by atoms with E-state index in [1.165, 1.54) is 25.7 Å². The Bertz CT molecular complexity index is 162. The number of hydrogen-bond donors (Lipinski definition) is 0. The first kappa shape index (κ1) is 6.38. The van der Waals surface area contributed by atoms with Crippen LogP contribution < -0.4 is 0 Å². The van der Waals surface area contributed by atoms with Crippen LogP contribution in [0.4, 0.5) is 0 Å². The van der Waals surface area contributed by atoms with Crippen LogP contribution in [0.25, 0.3) is 0 Å². The fourth-order valence-electron chi connectivity index (χ4n) is 2.74. The zero-order chi connectivity index (χ0) is 7.14. The van der Waals surface area contributed by atoms with Crippen molar-refractivity contribution in [2.75, 3.05) is 0 Å². The van der Waals surface area contributed by atoms with Gasteiger partial charge in [-0.2, -0.15) is 0 Å². The average Bonchev–Trinajstić information content (AvgIpc) is 2.44. The van der Waals surface area contributed by atoms with Crippen molar-refractivity contribution in [1.29, 1.82) is 0 Å². The van der Waals surface area contributed by atoms with Gasteiger partial charge in [0.1, 0.15) is 5.78 Å². The quantitative estimate of drug-likeness (QED) is 0.541. The van der Waals surface area contributed by atoms with E-state index in [9.17, 15) is 4.79 Å². The van der Waals surface area contributed by atoms with Crippen molar-refractivity contribution in [3.05, 3.63) is 0 Å². The number of fused-ring (bicyclic) bond motifs is 2. The molecule has 0 aromatic carbocycles. The molecule has 0 saturated heterocycles. The maximum atomic E-state index is 11.0. The summed E-state index contributed by atoms with van der Waals surface area (Å²) in [6.07, 6.45) is 5.29. The highest BCUT2D eigenvalue weighted by atomic mass is 16.1. The van der Waals surface area contributed by atoms with Crippen LogP contribution in [0.15, 0.2) is 0 Å². The van der Waals surface area contributed by atoms with E-state index in [-0.39, 0.29) is 0 Å². The number of ketones is 1. The molecule has 2 bridgehead atoms. The van der Waals surface area contributed by atoms with Crippen molar-refractivity contribution >= 4 is 5.78 Å². The van der Waals surface area contributed by atoms with Gasteiger partial charge in [-0.1, -0.05) is 6.42 Å². The van der Waals surface area contributed by atoms with E-state index in [0.29, 0.717) is 11.7 Å². The molecule has 1 heteroatoms. The molecule has 2 fully saturated rings. The van der Waals surface area contributed by atoms with Gasteiger partial charge in [-0.15, -0.1) is 0 Å². The molecule has 1 nitrogen and oxygen atoms in total. The Labute approximate surface area is 61.8 Å². The third-order valence-electron chi connectivity index (χ3n) is 3.26. The van der Waals surface area contributed by atoms with E-state index in [2.05, 4.69) is 0 Å². The highest BCUT2D eigenvalue weighted by Gasteiger charge is 2.41. The Morgan fingerprint density at radius 3 is 2.40 bits per heavy atom. The molecule has 3 atom stereocenters. The molecule has 0 amide bonds. The molecule has 0 heterocycles. The summed E-state index contributed by atoms with van der Waals surface area (Å²) < 4.78 is 0. The van der Waals surface area contributed by atoms with Crippen LogP contribution in [-0.2, 0) is 4.79 Å². The molecule has 10 heavy (non-hydrogen) atoms. The maximum absolute atomic E-state index is 11.0. The van der Waals surface area contributed by atoms with Gasteiger partial charge >= 0.3 is 0 Å². The van der Waals surface area contributed by atoms with Gasteiger partial charge in [0.25, 0.3) is 0 Å². The van der Waals surface area contributed by atoms with Gasteiger partial charge in [0.15, 0.2) is 0 Å². The largest absolute Gasteiger partial charge is 0.300 e. The van der Waals surface area contributed by atoms with E-state index < -0.39 is 0 Å². The molecular formula is C9H14O. The molecule has 0 aromatic rings. The fourth-order valence-corrected chi connectivity index (χ4v) is 2.74. The number of carbonyl (C=O) groups is 1. The Kier molecular flexibility index (Phi) is 1.33. The molecule has 2 rings (SSSR count). The minimum Gasteiger partial charge on any atom is -0.300 e. The van der Waals surface area contributed by atoms with Gasteiger partial charge in [-0.05, 0) is 38.0 Å². The van der Waals surface area contributed by atoms with Crippen molar-refractivity contribution in [3.63, 3.8) is 0 Å². The summed E-state index contributed by atoms with van der Waals surface area (Å²) in [5.74, 6) is 2.59. The molecule has 2 aliphatic carbocycles. The molecule has 0 unspecified atom stereocenters. The van der Waals surface area contributed by atoms with Crippen LogP contribution >= 0.6 is 0 Å². The highest BCUT2D eigenvalue weighted by molar-refractivity contribution is 5.79. The molecule has 56 valence electrons. The van der Waals surface area contributed by atoms with E-state index in [4.69, 9.17) is 0 Å². The minimum atomic E-state index is 0.437. The molecular weight excluding hydrogens is 124 g/mol. The third-order valence-corrected chi connectivity index (χ3v) is 3.26. The summed E-state index contributed by atoms with van der Waals surface area (Å²) in [5.41, 5.74) is 0. The van der Waals surface area contributed by atoms with E-state index in [0.717, 1.165) is 11.8 Å². The lowest BCUT2D eigenvalue weighted by atomic mass is 9.86. The van der Waals surface area contributed by atoms with Crippen LogP contribution in [-0.4, -0.2) is 5.78 Å². The molecule has 2 saturated carbocycles. The van der Waals surface area contributed by atoms with E-state index >= 15 is 0 Å². The average molecular weight is 138 g/mol. The van der Waals surface area contributed by atoms with Gasteiger partial charge in [0.2, 0.25) is 0 Å². The predicted octanol–water partition coefficient (Wildman–Crippen LogP) is 2.01. The summed E-state index contributed by atoms with van der Waals surface area (Å²) in [6, 6.07) is 0. The normalized spacial score (nSPS) is 44.3. The van der Waals surface area contributed by atoms with Gasteiger partial charge in [0, 0.05) is 5.92 Å². The summed E-state index contributed by atoms with van der Waals surface area (Å²) in [6.45, 7) is 1.76. The van der Waals surface area contributed by atoms with Crippen LogP contribution in [0, 0.1) is 17.8 Å². The number of carbonyl (C=O) groups excluding carboxylic acids is 1. The molecule has 0 spiro atoms. The van der Waals surface area contributed by atoms with E-state index in [1.54, 1.807) is 6.92 Å². The first-order valence-electron chi connectivity index (χ1n) is 4.28. The SMILES string of the molecule is CC(=O)[C@H]1C[C@@H]2CC[C@@H]1C2. The Morgan fingerprint density at radius 2 is 2.10 bits per heavy atom. The van der Waals surface area contributed by atoms with Crippen LogP contribution in [0.1, 0.15) is 32.6 Å². The zero-order valence-electron chi connectivity index (χ0n) is 6.47. The summed E-state index contributed by atoms with van der Waals surface area (Å²) in [4.78, 5) is 11.0. The maximum Gasteiger partial charge on any atom is 0.133 e. The van der Waals surface area contributed by atoms with Crippen molar-refractivity contribution < 1.29 is 4.79 Å². The summed E-state index contributed by atoms with van der Waals surface area (Å²) >= 11 is 0. The topological polar surface area (TPSA) is 17.1 Å². The zero-order valence-corrected chi connectivity index (χ0v) is 6.47. The standard InChI is InChI=1S/C9H14O/c1-6(10)9-5-7-2-3-8(9)4-7/h7-9H,2-5H2,1H3/t7-,8-,9-/m1/s1. The van der Waals surface area contributed by atoms with Crippen molar-refractivity contribution in [2.24, 2.45) is 17.8 Å². The second kappa shape index (κ2) is 2.08. The number of Topliss-reactive ketones (excluding diaryl/α,β-unsaturated/α-hetero) is 1. The molecule has 0 aliphatic heterocycles. The van der Waals surface area contributed by atoms with Crippen molar-refractivity contribution in [2.45, 2.75) is 32.6 Å². The smallest absolute Gasteiger partial charge is 0.133 e. The number of hydrogen-bond acceptors (Lipinski definition) is 1. The predicted molar refractivity (Wildman–Crippen MR) is 39.6 cm³/mol. The van der Waals surface area contributed by atoms with Crippen molar-refractivity contribution in [3.8, 4) is 0 Å². The third kappa shape index (κ3) is 0.799. The van der Waals surface area contributed by atoms with E-state index in [1.807, 2.05) is 0 Å². The molecule has 0 radical (unpaired) electrons. The summed E-state index contributed by atoms with van der Waals surface area (Å²) in [5, 5.41) is 0. The van der Waals surface area contributed by atoms with Gasteiger partial charge in [-0.25, -0.2) is 0 Å². The molecule has 0 N–H and O–H groups in total. The van der Waals surface area contributed by atoms with Gasteiger partial charge in [-0.3, -0.25) is 4.79 Å². The lowest BCUT2D eigenvalue weighted by Crippen LogP contribution is -2.17. The van der Waals surface area contributed by atoms with Crippen molar-refractivity contribution in [1.82, 2.24) is 0 Å². The van der Waals surface area contributed by atoms with Crippen LogP contribution in [0.2, 0.25) is 0 Å². The molecule has 0 aromatic heterocycles. The Hall–Kier alpha value is -0.330. The second-order valence-corrected chi connectivity index (χ2v) is 3.89. The summed E-state index contributed by atoms with van der Waals surface area (Å²) in [7, 11) is 0. The first-order valence-corrected chi connectivity index (χ1v) is 4.28. The Balaban J connectivity index is 2.08. The lowest BCUT2D eigenvalue weighted by molar-refractivity contribution is -0.122. The lowest BCUT2D eigenvalue weighted by Gasteiger charge is -2.17. The van der Waals surface area contributed by atoms with Gasteiger partial charge < -0.3 is 0 Å². The molecule has 2 aliphatic rings. The minimum absolute atomic E-state index is 0.437. The fraction of sp³-hybridized carbons (Fsp3) is 0.889. The first-order chi connectivity index (χ1) is 4.77. The van der Waals surface area contributed by atoms with Crippen LogP contribution in [0.5, 0.6) is 0 Å². The number of rotatable bonds is 1. The second-order valence-electron chi connectivity index (χ2n) is 3.89.